The van der Waals surface area contributed by atoms with Gasteiger partial charge in [-0.15, -0.1) is 0 Å². The normalized spacial score (nSPS) is 41.6. The molecule has 0 bridgehead atoms. The van der Waals surface area contributed by atoms with E-state index in [0.29, 0.717) is 5.41 Å². The lowest BCUT2D eigenvalue weighted by Crippen LogP contribution is -2.19. The van der Waals surface area contributed by atoms with Crippen LogP contribution in [0.1, 0.15) is 59.3 Å². The topological polar surface area (TPSA) is 0 Å². The molecule has 1 spiro atoms. The molecule has 0 aliphatic heterocycles. The van der Waals surface area contributed by atoms with Crippen LogP contribution in [0.15, 0.2) is 0 Å². The Morgan fingerprint density at radius 3 is 2.47 bits per heavy atom. The van der Waals surface area contributed by atoms with Crippen molar-refractivity contribution in [1.29, 1.82) is 0 Å². The maximum absolute atomic E-state index is 3.67. The molecule has 2 fully saturated rings. The molecule has 2 rings (SSSR count). The summed E-state index contributed by atoms with van der Waals surface area (Å²) in [6, 6.07) is 0. The van der Waals surface area contributed by atoms with Gasteiger partial charge >= 0.3 is 0 Å². The fourth-order valence-corrected chi connectivity index (χ4v) is 4.48. The van der Waals surface area contributed by atoms with E-state index in [-0.39, 0.29) is 0 Å². The second kappa shape index (κ2) is 4.05. The Morgan fingerprint density at radius 1 is 1.20 bits per heavy atom. The molecule has 2 aliphatic rings. The largest absolute Gasteiger partial charge is 0.0925 e. The Balaban J connectivity index is 1.94. The summed E-state index contributed by atoms with van der Waals surface area (Å²) in [6.07, 6.45) is 8.95. The molecule has 3 unspecified atom stereocenters. The van der Waals surface area contributed by atoms with Crippen LogP contribution in [0.3, 0.4) is 0 Å². The molecule has 0 amide bonds. The van der Waals surface area contributed by atoms with E-state index in [1.165, 1.54) is 43.9 Å². The molecule has 88 valence electrons. The first kappa shape index (κ1) is 12.0. The third-order valence-corrected chi connectivity index (χ3v) is 5.77. The minimum Gasteiger partial charge on any atom is -0.0925 e. The average molecular weight is 273 g/mol. The summed E-state index contributed by atoms with van der Waals surface area (Å²) in [6.45, 7) is 7.26. The van der Waals surface area contributed by atoms with Gasteiger partial charge in [-0.25, -0.2) is 0 Å². The zero-order chi connectivity index (χ0) is 11.1. The Bertz CT molecular complexity index is 228. The summed E-state index contributed by atoms with van der Waals surface area (Å²) in [5, 5.41) is 1.24. The molecule has 0 nitrogen and oxygen atoms in total. The van der Waals surface area contributed by atoms with E-state index >= 15 is 0 Å². The summed E-state index contributed by atoms with van der Waals surface area (Å²) in [4.78, 5) is 0. The van der Waals surface area contributed by atoms with Crippen molar-refractivity contribution >= 4 is 15.9 Å². The predicted molar refractivity (Wildman–Crippen MR) is 70.4 cm³/mol. The molecule has 2 aliphatic carbocycles. The van der Waals surface area contributed by atoms with Gasteiger partial charge < -0.3 is 0 Å². The van der Waals surface area contributed by atoms with Gasteiger partial charge in [-0.2, -0.15) is 0 Å². The highest BCUT2D eigenvalue weighted by Gasteiger charge is 2.53. The van der Waals surface area contributed by atoms with Crippen molar-refractivity contribution in [1.82, 2.24) is 0 Å². The quantitative estimate of drug-likeness (QED) is 0.589. The van der Waals surface area contributed by atoms with Gasteiger partial charge in [-0.1, -0.05) is 43.1 Å². The Kier molecular flexibility index (Phi) is 3.23. The van der Waals surface area contributed by atoms with Crippen LogP contribution in [-0.2, 0) is 0 Å². The van der Waals surface area contributed by atoms with E-state index in [1.807, 2.05) is 0 Å². The molecule has 0 aromatic rings. The molecule has 15 heavy (non-hydrogen) atoms. The van der Waals surface area contributed by atoms with Crippen LogP contribution in [0.25, 0.3) is 0 Å². The predicted octanol–water partition coefficient (Wildman–Crippen LogP) is 5.01. The third kappa shape index (κ3) is 2.43. The van der Waals surface area contributed by atoms with E-state index in [9.17, 15) is 0 Å². The number of halogens is 1. The molecular weight excluding hydrogens is 248 g/mol. The standard InChI is InChI=1S/C14H25Br/c1-13(2,3)11-5-4-7-14(8-6-11)9-12(14)10-15/h11-12H,4-10H2,1-3H3. The zero-order valence-electron chi connectivity index (χ0n) is 10.5. The van der Waals surface area contributed by atoms with Crippen LogP contribution in [0.5, 0.6) is 0 Å². The summed E-state index contributed by atoms with van der Waals surface area (Å²) >= 11 is 3.67. The molecule has 0 aromatic heterocycles. The first-order chi connectivity index (χ1) is 6.98. The molecule has 0 aromatic carbocycles. The number of hydrogen-bond donors (Lipinski definition) is 0. The molecular formula is C14H25Br. The first-order valence-corrected chi connectivity index (χ1v) is 7.66. The maximum Gasteiger partial charge on any atom is 0.00651 e. The van der Waals surface area contributed by atoms with Gasteiger partial charge in [0.05, 0.1) is 0 Å². The van der Waals surface area contributed by atoms with Crippen LogP contribution in [0.2, 0.25) is 0 Å². The molecule has 0 saturated heterocycles. The monoisotopic (exact) mass is 272 g/mol. The average Bonchev–Trinajstić information content (AvgIpc) is 2.88. The maximum atomic E-state index is 3.67. The fourth-order valence-electron chi connectivity index (χ4n) is 3.56. The first-order valence-electron chi connectivity index (χ1n) is 6.54. The van der Waals surface area contributed by atoms with Crippen molar-refractivity contribution in [3.63, 3.8) is 0 Å². The summed E-state index contributed by atoms with van der Waals surface area (Å²) in [5.41, 5.74) is 1.31. The van der Waals surface area contributed by atoms with Crippen LogP contribution >= 0.6 is 15.9 Å². The lowest BCUT2D eigenvalue weighted by Gasteiger charge is -2.29. The Hall–Kier alpha value is 0.480. The van der Waals surface area contributed by atoms with Crippen LogP contribution in [0, 0.1) is 22.7 Å². The lowest BCUT2D eigenvalue weighted by molar-refractivity contribution is 0.211. The van der Waals surface area contributed by atoms with Crippen LogP contribution in [-0.4, -0.2) is 5.33 Å². The van der Waals surface area contributed by atoms with E-state index in [2.05, 4.69) is 36.7 Å². The number of hydrogen-bond acceptors (Lipinski definition) is 0. The highest BCUT2D eigenvalue weighted by Crippen LogP contribution is 2.62. The van der Waals surface area contributed by atoms with Gasteiger partial charge in [-0.3, -0.25) is 0 Å². The molecule has 0 heterocycles. The number of alkyl halides is 1. The van der Waals surface area contributed by atoms with Gasteiger partial charge in [0.1, 0.15) is 0 Å². The summed E-state index contributed by atoms with van der Waals surface area (Å²) < 4.78 is 0. The zero-order valence-corrected chi connectivity index (χ0v) is 12.1. The smallest absolute Gasteiger partial charge is 0.00651 e. The highest BCUT2D eigenvalue weighted by molar-refractivity contribution is 9.09. The van der Waals surface area contributed by atoms with Gasteiger partial charge in [0.2, 0.25) is 0 Å². The molecule has 1 heteroatoms. The van der Waals surface area contributed by atoms with Crippen LogP contribution < -0.4 is 0 Å². The van der Waals surface area contributed by atoms with E-state index in [1.54, 1.807) is 0 Å². The van der Waals surface area contributed by atoms with Crippen molar-refractivity contribution in [2.75, 3.05) is 5.33 Å². The Morgan fingerprint density at radius 2 is 1.93 bits per heavy atom. The molecule has 3 atom stereocenters. The molecule has 2 saturated carbocycles. The van der Waals surface area contributed by atoms with E-state index in [0.717, 1.165) is 17.3 Å². The van der Waals surface area contributed by atoms with Gasteiger partial charge in [0, 0.05) is 5.33 Å². The minimum atomic E-state index is 0.532. The second-order valence-electron chi connectivity index (χ2n) is 6.91. The van der Waals surface area contributed by atoms with Crippen molar-refractivity contribution in [2.45, 2.75) is 59.3 Å². The van der Waals surface area contributed by atoms with Crippen LogP contribution in [0.4, 0.5) is 0 Å². The number of rotatable bonds is 1. The van der Waals surface area contributed by atoms with E-state index < -0.39 is 0 Å². The van der Waals surface area contributed by atoms with E-state index in [4.69, 9.17) is 0 Å². The second-order valence-corrected chi connectivity index (χ2v) is 7.56. The van der Waals surface area contributed by atoms with Gasteiger partial charge in [0.25, 0.3) is 0 Å². The summed E-state index contributed by atoms with van der Waals surface area (Å²) in [7, 11) is 0. The lowest BCUT2D eigenvalue weighted by atomic mass is 9.76. The Labute approximate surface area is 103 Å². The fraction of sp³-hybridized carbons (Fsp3) is 1.00. The van der Waals surface area contributed by atoms with Crippen molar-refractivity contribution in [2.24, 2.45) is 22.7 Å². The van der Waals surface area contributed by atoms with Crippen molar-refractivity contribution in [3.8, 4) is 0 Å². The molecule has 0 radical (unpaired) electrons. The van der Waals surface area contributed by atoms with Gasteiger partial charge in [-0.05, 0) is 54.8 Å². The van der Waals surface area contributed by atoms with Crippen molar-refractivity contribution < 1.29 is 0 Å². The molecule has 0 N–H and O–H groups in total. The van der Waals surface area contributed by atoms with Gasteiger partial charge in [0.15, 0.2) is 0 Å². The van der Waals surface area contributed by atoms with Crippen molar-refractivity contribution in [3.05, 3.63) is 0 Å². The summed E-state index contributed by atoms with van der Waals surface area (Å²) in [5.74, 6) is 1.98. The minimum absolute atomic E-state index is 0.532. The SMILES string of the molecule is CC(C)(C)C1CCCC2(CC1)CC2CBr. The highest BCUT2D eigenvalue weighted by atomic mass is 79.9. The third-order valence-electron chi connectivity index (χ3n) is 4.99.